The van der Waals surface area contributed by atoms with E-state index in [-0.39, 0.29) is 18.0 Å². The Kier molecular flexibility index (Phi) is 4.37. The molecule has 0 spiro atoms. The van der Waals surface area contributed by atoms with E-state index in [4.69, 9.17) is 0 Å². The molecule has 2 rings (SSSR count). The zero-order valence-corrected chi connectivity index (χ0v) is 10.5. The monoisotopic (exact) mass is 278 g/mol. The fourth-order valence-electron chi connectivity index (χ4n) is 1.84. The first-order valence-electron chi connectivity index (χ1n) is 5.93. The van der Waals surface area contributed by atoms with Gasteiger partial charge in [-0.1, -0.05) is 12.1 Å². The summed E-state index contributed by atoms with van der Waals surface area (Å²) in [6.45, 7) is 0.650. The second kappa shape index (κ2) is 6.21. The van der Waals surface area contributed by atoms with Gasteiger partial charge in [0, 0.05) is 19.2 Å². The van der Waals surface area contributed by atoms with Crippen molar-refractivity contribution in [3.63, 3.8) is 0 Å². The first kappa shape index (κ1) is 14.1. The van der Waals surface area contributed by atoms with E-state index in [9.17, 15) is 18.9 Å². The van der Waals surface area contributed by atoms with E-state index in [0.29, 0.717) is 12.1 Å². The fraction of sp³-hybridized carbons (Fsp3) is 0.143. The van der Waals surface area contributed by atoms with E-state index in [1.165, 1.54) is 24.3 Å². The molecule has 0 fully saturated rings. The van der Waals surface area contributed by atoms with Crippen LogP contribution >= 0.6 is 0 Å². The van der Waals surface area contributed by atoms with Crippen molar-refractivity contribution in [2.75, 3.05) is 0 Å². The molecule has 0 heterocycles. The van der Waals surface area contributed by atoms with Gasteiger partial charge >= 0.3 is 0 Å². The molecule has 1 N–H and O–H groups in total. The molecule has 104 valence electrons. The van der Waals surface area contributed by atoms with Crippen LogP contribution in [-0.4, -0.2) is 4.92 Å². The Morgan fingerprint density at radius 2 is 1.70 bits per heavy atom. The number of hydrogen-bond acceptors (Lipinski definition) is 3. The number of nitro groups is 1. The highest BCUT2D eigenvalue weighted by atomic mass is 19.1. The predicted molar refractivity (Wildman–Crippen MR) is 70.0 cm³/mol. The number of nitrogens with one attached hydrogen (secondary N) is 1. The lowest BCUT2D eigenvalue weighted by Crippen LogP contribution is -2.13. The highest BCUT2D eigenvalue weighted by molar-refractivity contribution is 5.35. The highest BCUT2D eigenvalue weighted by Crippen LogP contribution is 2.16. The molecule has 2 aromatic rings. The molecule has 0 aliphatic rings. The van der Waals surface area contributed by atoms with Gasteiger partial charge < -0.3 is 5.32 Å². The molecule has 0 unspecified atom stereocenters. The molecule has 20 heavy (non-hydrogen) atoms. The van der Waals surface area contributed by atoms with Crippen LogP contribution in [0.15, 0.2) is 42.5 Å². The Labute approximate surface area is 114 Å². The van der Waals surface area contributed by atoms with Crippen molar-refractivity contribution in [3.05, 3.63) is 75.3 Å². The Bertz CT molecular complexity index is 632. The largest absolute Gasteiger partial charge is 0.309 e. The Morgan fingerprint density at radius 3 is 2.40 bits per heavy atom. The normalized spacial score (nSPS) is 10.5. The third kappa shape index (κ3) is 3.83. The number of halogens is 2. The number of rotatable bonds is 5. The summed E-state index contributed by atoms with van der Waals surface area (Å²) in [5.41, 5.74) is 0.927. The first-order valence-corrected chi connectivity index (χ1v) is 5.93. The van der Waals surface area contributed by atoms with Crippen LogP contribution in [0.25, 0.3) is 0 Å². The maximum Gasteiger partial charge on any atom is 0.272 e. The van der Waals surface area contributed by atoms with E-state index in [1.54, 1.807) is 12.1 Å². The van der Waals surface area contributed by atoms with Crippen LogP contribution in [0.1, 0.15) is 11.1 Å². The molecule has 0 aliphatic carbocycles. The highest BCUT2D eigenvalue weighted by Gasteiger charge is 2.09. The summed E-state index contributed by atoms with van der Waals surface area (Å²) in [5, 5.41) is 13.6. The van der Waals surface area contributed by atoms with Crippen LogP contribution < -0.4 is 5.32 Å². The molecule has 0 aromatic heterocycles. The molecule has 2 aromatic carbocycles. The molecule has 0 saturated heterocycles. The minimum absolute atomic E-state index is 0.259. The van der Waals surface area contributed by atoms with Crippen molar-refractivity contribution in [2.45, 2.75) is 13.1 Å². The van der Waals surface area contributed by atoms with E-state index in [1.807, 2.05) is 0 Å². The third-order valence-electron chi connectivity index (χ3n) is 2.70. The lowest BCUT2D eigenvalue weighted by molar-refractivity contribution is -0.385. The van der Waals surface area contributed by atoms with Crippen LogP contribution in [0.2, 0.25) is 0 Å². The lowest BCUT2D eigenvalue weighted by atomic mass is 10.2. The van der Waals surface area contributed by atoms with Gasteiger partial charge in [0.1, 0.15) is 11.6 Å². The van der Waals surface area contributed by atoms with E-state index < -0.39 is 10.7 Å². The predicted octanol–water partition coefficient (Wildman–Crippen LogP) is 3.16. The molecule has 0 bridgehead atoms. The van der Waals surface area contributed by atoms with Gasteiger partial charge in [-0.3, -0.25) is 10.1 Å². The van der Waals surface area contributed by atoms with Gasteiger partial charge in [-0.2, -0.15) is 0 Å². The van der Waals surface area contributed by atoms with Gasteiger partial charge in [0.2, 0.25) is 0 Å². The summed E-state index contributed by atoms with van der Waals surface area (Å²) in [6, 6.07) is 9.49. The number of nitrogens with zero attached hydrogens (tertiary/aromatic N) is 1. The summed E-state index contributed by atoms with van der Waals surface area (Å²) in [6.07, 6.45) is 0. The smallest absolute Gasteiger partial charge is 0.272 e. The fourth-order valence-corrected chi connectivity index (χ4v) is 1.84. The molecule has 4 nitrogen and oxygen atoms in total. The molecule has 0 amide bonds. The van der Waals surface area contributed by atoms with Crippen LogP contribution in [0.4, 0.5) is 14.5 Å². The average Bonchev–Trinajstić information content (AvgIpc) is 2.38. The van der Waals surface area contributed by atoms with Crippen molar-refractivity contribution < 1.29 is 13.7 Å². The lowest BCUT2D eigenvalue weighted by Gasteiger charge is -2.05. The zero-order chi connectivity index (χ0) is 14.5. The van der Waals surface area contributed by atoms with Crippen LogP contribution in [0, 0.1) is 21.7 Å². The first-order chi connectivity index (χ1) is 9.54. The summed E-state index contributed by atoms with van der Waals surface area (Å²) >= 11 is 0. The van der Waals surface area contributed by atoms with Crippen molar-refractivity contribution in [1.29, 1.82) is 0 Å². The second-order valence-corrected chi connectivity index (χ2v) is 4.31. The minimum Gasteiger partial charge on any atom is -0.309 e. The average molecular weight is 278 g/mol. The van der Waals surface area contributed by atoms with Crippen molar-refractivity contribution in [1.82, 2.24) is 5.32 Å². The summed E-state index contributed by atoms with van der Waals surface area (Å²) < 4.78 is 26.2. The van der Waals surface area contributed by atoms with Gasteiger partial charge in [0.25, 0.3) is 5.69 Å². The standard InChI is InChI=1S/C14H12F2N2O2/c15-12-3-1-2-10(4-12)8-17-9-11-5-13(16)7-14(6-11)18(19)20/h1-7,17H,8-9H2. The van der Waals surface area contributed by atoms with E-state index >= 15 is 0 Å². The Balaban J connectivity index is 1.99. The molecule has 0 aliphatic heterocycles. The summed E-state index contributed by atoms with van der Waals surface area (Å²) in [7, 11) is 0. The van der Waals surface area contributed by atoms with E-state index in [2.05, 4.69) is 5.32 Å². The molecular formula is C14H12F2N2O2. The molecule has 0 atom stereocenters. The maximum absolute atomic E-state index is 13.2. The molecular weight excluding hydrogens is 266 g/mol. The molecule has 0 radical (unpaired) electrons. The van der Waals surface area contributed by atoms with Gasteiger partial charge in [0.05, 0.1) is 11.0 Å². The maximum atomic E-state index is 13.2. The number of nitro benzene ring substituents is 1. The van der Waals surface area contributed by atoms with Gasteiger partial charge in [-0.25, -0.2) is 8.78 Å². The van der Waals surface area contributed by atoms with Crippen LogP contribution in [-0.2, 0) is 13.1 Å². The molecule has 0 saturated carbocycles. The van der Waals surface area contributed by atoms with Gasteiger partial charge in [-0.15, -0.1) is 0 Å². The minimum atomic E-state index is -0.651. The van der Waals surface area contributed by atoms with Crippen molar-refractivity contribution in [3.8, 4) is 0 Å². The number of hydrogen-bond donors (Lipinski definition) is 1. The molecule has 6 heteroatoms. The SMILES string of the molecule is O=[N+]([O-])c1cc(F)cc(CNCc2cccc(F)c2)c1. The second-order valence-electron chi connectivity index (χ2n) is 4.31. The van der Waals surface area contributed by atoms with Gasteiger partial charge in [-0.05, 0) is 29.3 Å². The third-order valence-corrected chi connectivity index (χ3v) is 2.70. The summed E-state index contributed by atoms with van der Waals surface area (Å²) in [4.78, 5) is 9.98. The Morgan fingerprint density at radius 1 is 1.00 bits per heavy atom. The van der Waals surface area contributed by atoms with Crippen LogP contribution in [0.3, 0.4) is 0 Å². The van der Waals surface area contributed by atoms with Gasteiger partial charge in [0.15, 0.2) is 0 Å². The Hall–Kier alpha value is -2.34. The number of benzene rings is 2. The van der Waals surface area contributed by atoms with Crippen molar-refractivity contribution >= 4 is 5.69 Å². The van der Waals surface area contributed by atoms with Crippen LogP contribution in [0.5, 0.6) is 0 Å². The quantitative estimate of drug-likeness (QED) is 0.675. The summed E-state index contributed by atoms with van der Waals surface area (Å²) in [5.74, 6) is -0.979. The number of non-ortho nitro benzene ring substituents is 1. The zero-order valence-electron chi connectivity index (χ0n) is 10.5. The topological polar surface area (TPSA) is 55.2 Å². The van der Waals surface area contributed by atoms with E-state index in [0.717, 1.165) is 11.6 Å². The van der Waals surface area contributed by atoms with Crippen molar-refractivity contribution in [2.24, 2.45) is 0 Å².